The lowest BCUT2D eigenvalue weighted by atomic mass is 10.1. The van der Waals surface area contributed by atoms with Crippen LogP contribution in [0.5, 0.6) is 0 Å². The fraction of sp³-hybridized carbons (Fsp3) is 0.727. The SMILES string of the molecule is Cc1nn(C)c(CNCC2CCOC2)c1Br. The predicted molar refractivity (Wildman–Crippen MR) is 66.3 cm³/mol. The van der Waals surface area contributed by atoms with Crippen molar-refractivity contribution in [2.45, 2.75) is 19.9 Å². The average Bonchev–Trinajstić information content (AvgIpc) is 2.82. The molecule has 90 valence electrons. The first-order valence-corrected chi connectivity index (χ1v) is 6.44. The van der Waals surface area contributed by atoms with Crippen LogP contribution in [0.2, 0.25) is 0 Å². The minimum atomic E-state index is 0.674. The van der Waals surface area contributed by atoms with Crippen molar-refractivity contribution in [1.82, 2.24) is 15.1 Å². The van der Waals surface area contributed by atoms with Gasteiger partial charge in [0.1, 0.15) is 0 Å². The zero-order valence-electron chi connectivity index (χ0n) is 9.79. The number of hydrogen-bond donors (Lipinski definition) is 1. The summed E-state index contributed by atoms with van der Waals surface area (Å²) in [5.41, 5.74) is 2.25. The van der Waals surface area contributed by atoms with Gasteiger partial charge in [-0.1, -0.05) is 0 Å². The Balaban J connectivity index is 1.84. The molecule has 0 amide bonds. The van der Waals surface area contributed by atoms with Gasteiger partial charge in [0.25, 0.3) is 0 Å². The molecule has 0 spiro atoms. The molecule has 0 radical (unpaired) electrons. The first-order valence-electron chi connectivity index (χ1n) is 5.65. The summed E-state index contributed by atoms with van der Waals surface area (Å²) in [6.07, 6.45) is 1.18. The van der Waals surface area contributed by atoms with E-state index in [-0.39, 0.29) is 0 Å². The van der Waals surface area contributed by atoms with Crippen molar-refractivity contribution < 1.29 is 4.74 Å². The molecule has 2 heterocycles. The van der Waals surface area contributed by atoms with Gasteiger partial charge in [-0.25, -0.2) is 0 Å². The molecule has 0 saturated carbocycles. The lowest BCUT2D eigenvalue weighted by molar-refractivity contribution is 0.185. The van der Waals surface area contributed by atoms with Crippen LogP contribution < -0.4 is 5.32 Å². The summed E-state index contributed by atoms with van der Waals surface area (Å²) < 4.78 is 8.39. The summed E-state index contributed by atoms with van der Waals surface area (Å²) in [6.45, 7) is 5.71. The molecule has 1 aliphatic rings. The zero-order valence-corrected chi connectivity index (χ0v) is 11.4. The number of aryl methyl sites for hydroxylation is 2. The Labute approximate surface area is 104 Å². The lowest BCUT2D eigenvalue weighted by Gasteiger charge is -2.09. The number of ether oxygens (including phenoxy) is 1. The number of halogens is 1. The molecule has 1 saturated heterocycles. The Hall–Kier alpha value is -0.390. The fourth-order valence-electron chi connectivity index (χ4n) is 2.01. The second-order valence-electron chi connectivity index (χ2n) is 4.33. The van der Waals surface area contributed by atoms with E-state index >= 15 is 0 Å². The van der Waals surface area contributed by atoms with Gasteiger partial charge in [-0.15, -0.1) is 0 Å². The Morgan fingerprint density at radius 1 is 1.62 bits per heavy atom. The Morgan fingerprint density at radius 3 is 3.00 bits per heavy atom. The topological polar surface area (TPSA) is 39.1 Å². The van der Waals surface area contributed by atoms with Crippen LogP contribution >= 0.6 is 15.9 Å². The second-order valence-corrected chi connectivity index (χ2v) is 5.12. The van der Waals surface area contributed by atoms with Crippen molar-refractivity contribution >= 4 is 15.9 Å². The van der Waals surface area contributed by atoms with E-state index in [1.165, 1.54) is 12.1 Å². The van der Waals surface area contributed by atoms with Gasteiger partial charge in [0, 0.05) is 26.7 Å². The van der Waals surface area contributed by atoms with E-state index in [4.69, 9.17) is 4.74 Å². The molecule has 1 fully saturated rings. The molecule has 0 aliphatic carbocycles. The summed E-state index contributed by atoms with van der Waals surface area (Å²) >= 11 is 3.57. The smallest absolute Gasteiger partial charge is 0.0739 e. The van der Waals surface area contributed by atoms with Crippen LogP contribution in [0.1, 0.15) is 17.8 Å². The van der Waals surface area contributed by atoms with E-state index in [0.717, 1.165) is 36.5 Å². The van der Waals surface area contributed by atoms with Crippen molar-refractivity contribution in [3.05, 3.63) is 15.9 Å². The van der Waals surface area contributed by atoms with E-state index < -0.39 is 0 Å². The van der Waals surface area contributed by atoms with E-state index in [2.05, 4.69) is 26.3 Å². The van der Waals surface area contributed by atoms with Crippen molar-refractivity contribution in [1.29, 1.82) is 0 Å². The van der Waals surface area contributed by atoms with Gasteiger partial charge in [0.15, 0.2) is 0 Å². The van der Waals surface area contributed by atoms with Crippen LogP contribution in [0.15, 0.2) is 4.47 Å². The van der Waals surface area contributed by atoms with Crippen molar-refractivity contribution in [3.63, 3.8) is 0 Å². The molecular weight excluding hydrogens is 270 g/mol. The van der Waals surface area contributed by atoms with Gasteiger partial charge >= 0.3 is 0 Å². The molecule has 1 atom stereocenters. The summed E-state index contributed by atoms with van der Waals surface area (Å²) in [6, 6.07) is 0. The number of nitrogens with zero attached hydrogens (tertiary/aromatic N) is 2. The van der Waals surface area contributed by atoms with Crippen molar-refractivity contribution in [2.24, 2.45) is 13.0 Å². The summed E-state index contributed by atoms with van der Waals surface area (Å²) in [5, 5.41) is 7.83. The number of hydrogen-bond acceptors (Lipinski definition) is 3. The Kier molecular flexibility index (Phi) is 4.00. The molecule has 2 rings (SSSR count). The summed E-state index contributed by atoms with van der Waals surface area (Å²) in [4.78, 5) is 0. The lowest BCUT2D eigenvalue weighted by Crippen LogP contribution is -2.23. The molecule has 0 bridgehead atoms. The molecular formula is C11H18BrN3O. The monoisotopic (exact) mass is 287 g/mol. The molecule has 1 N–H and O–H groups in total. The number of nitrogens with one attached hydrogen (secondary N) is 1. The highest BCUT2D eigenvalue weighted by molar-refractivity contribution is 9.10. The first-order chi connectivity index (χ1) is 7.68. The summed E-state index contributed by atoms with van der Waals surface area (Å²) in [7, 11) is 1.98. The molecule has 1 aromatic heterocycles. The predicted octanol–water partition coefficient (Wildman–Crippen LogP) is 1.62. The third kappa shape index (κ3) is 2.64. The van der Waals surface area contributed by atoms with E-state index in [1.54, 1.807) is 0 Å². The van der Waals surface area contributed by atoms with Crippen LogP contribution in [0.3, 0.4) is 0 Å². The van der Waals surface area contributed by atoms with Gasteiger partial charge in [0.2, 0.25) is 0 Å². The maximum atomic E-state index is 5.34. The maximum absolute atomic E-state index is 5.34. The molecule has 1 unspecified atom stereocenters. The largest absolute Gasteiger partial charge is 0.381 e. The van der Waals surface area contributed by atoms with Gasteiger partial charge in [0.05, 0.1) is 22.5 Å². The normalized spacial score (nSPS) is 20.6. The molecule has 4 nitrogen and oxygen atoms in total. The van der Waals surface area contributed by atoms with Crippen LogP contribution in [-0.2, 0) is 18.3 Å². The average molecular weight is 288 g/mol. The van der Waals surface area contributed by atoms with E-state index in [1.807, 2.05) is 18.7 Å². The summed E-state index contributed by atoms with van der Waals surface area (Å²) in [5.74, 6) is 0.674. The standard InChI is InChI=1S/C11H18BrN3O/c1-8-11(12)10(15(2)14-8)6-13-5-9-3-4-16-7-9/h9,13H,3-7H2,1-2H3. The van der Waals surface area contributed by atoms with Crippen LogP contribution in [0.4, 0.5) is 0 Å². The Morgan fingerprint density at radius 2 is 2.44 bits per heavy atom. The van der Waals surface area contributed by atoms with Crippen LogP contribution in [0.25, 0.3) is 0 Å². The third-order valence-electron chi connectivity index (χ3n) is 3.01. The third-order valence-corrected chi connectivity index (χ3v) is 4.04. The number of rotatable bonds is 4. The van der Waals surface area contributed by atoms with Gasteiger partial charge < -0.3 is 10.1 Å². The fourth-order valence-corrected chi connectivity index (χ4v) is 2.49. The quantitative estimate of drug-likeness (QED) is 0.915. The minimum Gasteiger partial charge on any atom is -0.381 e. The van der Waals surface area contributed by atoms with Crippen LogP contribution in [-0.4, -0.2) is 29.5 Å². The first kappa shape index (κ1) is 12.1. The van der Waals surface area contributed by atoms with E-state index in [0.29, 0.717) is 5.92 Å². The molecule has 16 heavy (non-hydrogen) atoms. The highest BCUT2D eigenvalue weighted by atomic mass is 79.9. The van der Waals surface area contributed by atoms with Gasteiger partial charge in [-0.05, 0) is 35.2 Å². The minimum absolute atomic E-state index is 0.674. The molecule has 1 aliphatic heterocycles. The maximum Gasteiger partial charge on any atom is 0.0739 e. The molecule has 0 aromatic carbocycles. The van der Waals surface area contributed by atoms with Gasteiger partial charge in [-0.3, -0.25) is 4.68 Å². The second kappa shape index (κ2) is 5.29. The molecule has 1 aromatic rings. The van der Waals surface area contributed by atoms with Crippen molar-refractivity contribution in [2.75, 3.05) is 19.8 Å². The van der Waals surface area contributed by atoms with Gasteiger partial charge in [-0.2, -0.15) is 5.10 Å². The molecule has 5 heteroatoms. The Bertz CT molecular complexity index is 358. The van der Waals surface area contributed by atoms with E-state index in [9.17, 15) is 0 Å². The highest BCUT2D eigenvalue weighted by Crippen LogP contribution is 2.20. The number of aromatic nitrogens is 2. The zero-order chi connectivity index (χ0) is 11.5. The highest BCUT2D eigenvalue weighted by Gasteiger charge is 2.16. The van der Waals surface area contributed by atoms with Crippen LogP contribution in [0, 0.1) is 12.8 Å². The van der Waals surface area contributed by atoms with Crippen molar-refractivity contribution in [3.8, 4) is 0 Å².